The molecule has 76 valence electrons. The molecule has 1 N–H and O–H groups in total. The van der Waals surface area contributed by atoms with Gasteiger partial charge in [-0.1, -0.05) is 0 Å². The van der Waals surface area contributed by atoms with E-state index < -0.39 is 0 Å². The zero-order chi connectivity index (χ0) is 9.54. The molecule has 0 amide bonds. The minimum atomic E-state index is 0.557. The summed E-state index contributed by atoms with van der Waals surface area (Å²) in [5.74, 6) is 3.00. The maximum Gasteiger partial charge on any atom is 0.0454 e. The molecule has 0 saturated heterocycles. The van der Waals surface area contributed by atoms with Gasteiger partial charge in [-0.2, -0.15) is 0 Å². The zero-order valence-corrected chi connectivity index (χ0v) is 9.26. The Morgan fingerprint density at radius 2 is 2.21 bits per heavy atom. The Labute approximate surface area is 88.9 Å². The lowest BCUT2D eigenvalue weighted by atomic mass is 9.91. The van der Waals surface area contributed by atoms with Crippen molar-refractivity contribution in [2.75, 3.05) is 7.05 Å². The molecule has 1 aromatic rings. The van der Waals surface area contributed by atoms with E-state index in [-0.39, 0.29) is 0 Å². The van der Waals surface area contributed by atoms with Crippen molar-refractivity contribution in [2.24, 2.45) is 17.8 Å². The van der Waals surface area contributed by atoms with Crippen LogP contribution in [0.25, 0.3) is 0 Å². The summed E-state index contributed by atoms with van der Waals surface area (Å²) in [6.45, 7) is 0. The molecule has 3 unspecified atom stereocenters. The fraction of sp³-hybridized carbons (Fsp3) is 0.727. The van der Waals surface area contributed by atoms with Crippen LogP contribution < -0.4 is 5.32 Å². The van der Waals surface area contributed by atoms with Crippen molar-refractivity contribution in [1.29, 1.82) is 0 Å². The Kier molecular flexibility index (Phi) is 2.10. The third-order valence-electron chi connectivity index (χ3n) is 3.87. The normalized spacial score (nSPS) is 36.8. The summed E-state index contributed by atoms with van der Waals surface area (Å²) in [4.78, 5) is 0. The van der Waals surface area contributed by atoms with E-state index in [1.807, 2.05) is 6.20 Å². The van der Waals surface area contributed by atoms with Crippen LogP contribution >= 0.6 is 11.5 Å². The number of aromatic nitrogens is 1. The molecule has 3 rings (SSSR count). The monoisotopic (exact) mass is 208 g/mol. The molecule has 0 spiro atoms. The summed E-state index contributed by atoms with van der Waals surface area (Å²) in [6.07, 6.45) is 6.41. The Bertz CT molecular complexity index is 299. The topological polar surface area (TPSA) is 24.9 Å². The van der Waals surface area contributed by atoms with Gasteiger partial charge < -0.3 is 5.32 Å². The van der Waals surface area contributed by atoms with Gasteiger partial charge in [-0.25, -0.2) is 4.37 Å². The van der Waals surface area contributed by atoms with Crippen LogP contribution in [0.15, 0.2) is 11.6 Å². The lowest BCUT2D eigenvalue weighted by Gasteiger charge is -2.23. The average molecular weight is 208 g/mol. The van der Waals surface area contributed by atoms with Gasteiger partial charge >= 0.3 is 0 Å². The van der Waals surface area contributed by atoms with Crippen molar-refractivity contribution in [3.05, 3.63) is 17.1 Å². The van der Waals surface area contributed by atoms with E-state index in [0.717, 1.165) is 17.8 Å². The third kappa shape index (κ3) is 1.39. The third-order valence-corrected chi connectivity index (χ3v) is 4.48. The molecule has 3 heteroatoms. The van der Waals surface area contributed by atoms with Crippen LogP contribution in [0, 0.1) is 17.8 Å². The SMILES string of the molecule is CNC(c1cnsc1)C1CC2CC2C1. The number of rotatable bonds is 3. The second-order valence-corrected chi connectivity index (χ2v) is 5.37. The molecule has 2 nitrogen and oxygen atoms in total. The summed E-state index contributed by atoms with van der Waals surface area (Å²) < 4.78 is 4.19. The molecule has 0 radical (unpaired) electrons. The summed E-state index contributed by atoms with van der Waals surface area (Å²) >= 11 is 1.56. The van der Waals surface area contributed by atoms with Crippen LogP contribution in [0.1, 0.15) is 30.9 Å². The first-order valence-electron chi connectivity index (χ1n) is 5.45. The molecule has 2 fully saturated rings. The Balaban J connectivity index is 1.74. The first kappa shape index (κ1) is 8.86. The molecule has 0 bridgehead atoms. The average Bonchev–Trinajstić information content (AvgIpc) is 2.70. The predicted molar refractivity (Wildman–Crippen MR) is 58.2 cm³/mol. The van der Waals surface area contributed by atoms with Gasteiger partial charge in [-0.3, -0.25) is 0 Å². The second kappa shape index (κ2) is 3.31. The second-order valence-electron chi connectivity index (χ2n) is 4.71. The van der Waals surface area contributed by atoms with Crippen LogP contribution in [-0.4, -0.2) is 11.4 Å². The zero-order valence-electron chi connectivity index (χ0n) is 8.44. The first-order chi connectivity index (χ1) is 6.88. The van der Waals surface area contributed by atoms with Gasteiger partial charge in [0.1, 0.15) is 0 Å². The van der Waals surface area contributed by atoms with Crippen molar-refractivity contribution in [3.63, 3.8) is 0 Å². The van der Waals surface area contributed by atoms with Crippen LogP contribution in [0.5, 0.6) is 0 Å². The van der Waals surface area contributed by atoms with Crippen molar-refractivity contribution in [2.45, 2.75) is 25.3 Å². The Hall–Kier alpha value is -0.410. The number of hydrogen-bond donors (Lipinski definition) is 1. The summed E-state index contributed by atoms with van der Waals surface area (Å²) in [7, 11) is 2.08. The smallest absolute Gasteiger partial charge is 0.0454 e. The molecule has 2 aliphatic carbocycles. The maximum atomic E-state index is 4.19. The lowest BCUT2D eigenvalue weighted by molar-refractivity contribution is 0.360. The molecule has 2 saturated carbocycles. The van der Waals surface area contributed by atoms with E-state index >= 15 is 0 Å². The highest BCUT2D eigenvalue weighted by Crippen LogP contribution is 2.57. The van der Waals surface area contributed by atoms with Crippen molar-refractivity contribution in [3.8, 4) is 0 Å². The highest BCUT2D eigenvalue weighted by Gasteiger charge is 2.47. The molecule has 3 atom stereocenters. The summed E-state index contributed by atoms with van der Waals surface area (Å²) in [6, 6.07) is 0.557. The largest absolute Gasteiger partial charge is 0.313 e. The maximum absolute atomic E-state index is 4.19. The molecule has 2 aliphatic rings. The standard InChI is InChI=1S/C11H16N2S/c1-12-11(10-5-13-14-6-10)9-3-7-2-8(7)4-9/h5-9,11-12H,2-4H2,1H3. The van der Waals surface area contributed by atoms with Crippen molar-refractivity contribution in [1.82, 2.24) is 9.69 Å². The van der Waals surface area contributed by atoms with Gasteiger partial charge in [0, 0.05) is 23.2 Å². The van der Waals surface area contributed by atoms with E-state index in [9.17, 15) is 0 Å². The molecule has 14 heavy (non-hydrogen) atoms. The predicted octanol–water partition coefficient (Wildman–Crippen LogP) is 2.45. The van der Waals surface area contributed by atoms with Crippen LogP contribution in [0.4, 0.5) is 0 Å². The highest BCUT2D eigenvalue weighted by molar-refractivity contribution is 7.03. The van der Waals surface area contributed by atoms with Crippen LogP contribution in [0.3, 0.4) is 0 Å². The Morgan fingerprint density at radius 1 is 1.43 bits per heavy atom. The summed E-state index contributed by atoms with van der Waals surface area (Å²) in [5, 5.41) is 5.64. The first-order valence-corrected chi connectivity index (χ1v) is 6.28. The van der Waals surface area contributed by atoms with Gasteiger partial charge in [0.2, 0.25) is 0 Å². The van der Waals surface area contributed by atoms with E-state index in [1.54, 1.807) is 11.5 Å². The van der Waals surface area contributed by atoms with Crippen LogP contribution in [-0.2, 0) is 0 Å². The van der Waals surface area contributed by atoms with Gasteiger partial charge in [0.25, 0.3) is 0 Å². The van der Waals surface area contributed by atoms with Gasteiger partial charge in [-0.15, -0.1) is 0 Å². The molecule has 1 heterocycles. The molecule has 0 aliphatic heterocycles. The fourth-order valence-electron chi connectivity index (χ4n) is 3.07. The molecule has 0 aromatic carbocycles. The quantitative estimate of drug-likeness (QED) is 0.825. The van der Waals surface area contributed by atoms with Gasteiger partial charge in [0.05, 0.1) is 0 Å². The number of nitrogens with one attached hydrogen (secondary N) is 1. The molecule has 1 aromatic heterocycles. The van der Waals surface area contributed by atoms with Crippen molar-refractivity contribution < 1.29 is 0 Å². The number of fused-ring (bicyclic) bond motifs is 1. The Morgan fingerprint density at radius 3 is 2.79 bits per heavy atom. The van der Waals surface area contributed by atoms with E-state index in [2.05, 4.69) is 22.1 Å². The molecular weight excluding hydrogens is 192 g/mol. The molecular formula is C11H16N2S. The lowest BCUT2D eigenvalue weighted by Crippen LogP contribution is -2.24. The number of nitrogens with zero attached hydrogens (tertiary/aromatic N) is 1. The highest BCUT2D eigenvalue weighted by atomic mass is 32.1. The van der Waals surface area contributed by atoms with Crippen LogP contribution in [0.2, 0.25) is 0 Å². The number of hydrogen-bond acceptors (Lipinski definition) is 3. The fourth-order valence-corrected chi connectivity index (χ4v) is 3.65. The van der Waals surface area contributed by atoms with E-state index in [4.69, 9.17) is 0 Å². The van der Waals surface area contributed by atoms with E-state index in [1.165, 1.54) is 24.8 Å². The summed E-state index contributed by atoms with van der Waals surface area (Å²) in [5.41, 5.74) is 1.39. The minimum Gasteiger partial charge on any atom is -0.313 e. The van der Waals surface area contributed by atoms with Gasteiger partial charge in [-0.05, 0) is 55.6 Å². The van der Waals surface area contributed by atoms with E-state index in [0.29, 0.717) is 6.04 Å². The minimum absolute atomic E-state index is 0.557. The van der Waals surface area contributed by atoms with Crippen molar-refractivity contribution >= 4 is 11.5 Å². The van der Waals surface area contributed by atoms with Gasteiger partial charge in [0.15, 0.2) is 0 Å².